The van der Waals surface area contributed by atoms with E-state index in [4.69, 9.17) is 25.4 Å². The van der Waals surface area contributed by atoms with Crippen molar-refractivity contribution >= 4 is 46.5 Å². The van der Waals surface area contributed by atoms with Gasteiger partial charge in [0.15, 0.2) is 29.7 Å². The highest BCUT2D eigenvalue weighted by molar-refractivity contribution is 6.68. The first-order valence-electron chi connectivity index (χ1n) is 17.7. The standard InChI is InChI=1S/C39H35N7O10/c40-26-13-18(9-11-42-26)10-12-54-35-33(52)31(50)25(16-47)55-38(35)56-34-20(15-23-27(32(34)51)30(49)22-7-3-2-6-21(22)29(23)48)14-19-5-1-4-8-24(19)46-17-43-28-36(46)44-39(41)45-37(28)53/h1-9,11,13,15,25,31,33,35,38,47,50-52H,10,12,14,16-17H2,(H2,40,42)(H2,41,45,53)/p+1. The highest BCUT2D eigenvalue weighted by Gasteiger charge is 2.47. The maximum atomic E-state index is 13.9. The summed E-state index contributed by atoms with van der Waals surface area (Å²) in [6.45, 7) is -0.616. The number of aliphatic hydroxyl groups excluding tert-OH is 3. The number of amidine groups is 1. The quantitative estimate of drug-likeness (QED) is 0.0902. The minimum Gasteiger partial charge on any atom is -0.504 e. The summed E-state index contributed by atoms with van der Waals surface area (Å²) in [4.78, 5) is 53.6. The normalized spacial score (nSPS) is 24.1. The zero-order valence-electron chi connectivity index (χ0n) is 29.5. The summed E-state index contributed by atoms with van der Waals surface area (Å²) in [7, 11) is 0. The van der Waals surface area contributed by atoms with Crippen LogP contribution < -0.4 is 20.7 Å². The van der Waals surface area contributed by atoms with Crippen molar-refractivity contribution < 1.29 is 53.9 Å². The Hall–Kier alpha value is -6.21. The average molecular weight is 763 g/mol. The first kappa shape index (κ1) is 36.8. The number of nitrogens with one attached hydrogen (secondary N) is 3. The van der Waals surface area contributed by atoms with Gasteiger partial charge in [0, 0.05) is 40.4 Å². The van der Waals surface area contributed by atoms with Gasteiger partial charge in [-0.15, -0.1) is 0 Å². The number of nitrogens with two attached hydrogens (primary N) is 1. The van der Waals surface area contributed by atoms with Crippen LogP contribution in [0.2, 0.25) is 0 Å². The van der Waals surface area contributed by atoms with Crippen molar-refractivity contribution in [3.8, 4) is 11.5 Å². The van der Waals surface area contributed by atoms with Crippen LogP contribution in [0, 0.1) is 5.41 Å². The number of carbonyl (C=O) groups is 3. The highest BCUT2D eigenvalue weighted by atomic mass is 16.7. The van der Waals surface area contributed by atoms with E-state index in [1.807, 2.05) is 0 Å². The number of pyridine rings is 1. The fraction of sp³-hybridized carbons (Fsp3) is 0.256. The predicted octanol–water partition coefficient (Wildman–Crippen LogP) is -0.427. The third-order valence-electron chi connectivity index (χ3n) is 10.1. The van der Waals surface area contributed by atoms with Gasteiger partial charge in [0.1, 0.15) is 35.9 Å². The number of ether oxygens (including phenoxy) is 3. The van der Waals surface area contributed by atoms with Crippen molar-refractivity contribution in [2.75, 3.05) is 25.6 Å². The van der Waals surface area contributed by atoms with E-state index in [0.29, 0.717) is 28.4 Å². The van der Waals surface area contributed by atoms with E-state index < -0.39 is 60.5 Å². The van der Waals surface area contributed by atoms with Gasteiger partial charge in [-0.2, -0.15) is 4.99 Å². The SMILES string of the molecule is N=C1N=C2C(=NC[NH+]2c2ccccc2Cc2cc3c(c(O)c2OC2OC(CO)C(O)C(O)C2OCCc2ccnc(N)c2)C(=O)c2ccccc2C3=O)C(=O)N1. The van der Waals surface area contributed by atoms with Gasteiger partial charge in [-0.1, -0.05) is 42.5 Å². The number of hydrogen-bond acceptors (Lipinski definition) is 14. The molecule has 17 nitrogen and oxygen atoms in total. The summed E-state index contributed by atoms with van der Waals surface area (Å²) < 4.78 is 18.4. The fourth-order valence-electron chi connectivity index (χ4n) is 7.39. The van der Waals surface area contributed by atoms with Gasteiger partial charge in [0.2, 0.25) is 18.0 Å². The molecule has 0 saturated carbocycles. The monoisotopic (exact) mass is 762 g/mol. The number of ketones is 2. The van der Waals surface area contributed by atoms with Crippen LogP contribution in [0.4, 0.5) is 11.5 Å². The number of aliphatic hydroxyl groups is 3. The van der Waals surface area contributed by atoms with Crippen LogP contribution in [0.3, 0.4) is 0 Å². The van der Waals surface area contributed by atoms with Crippen molar-refractivity contribution in [3.63, 3.8) is 0 Å². The second-order valence-electron chi connectivity index (χ2n) is 13.6. The molecule has 286 valence electrons. The molecule has 1 aliphatic carbocycles. The third-order valence-corrected chi connectivity index (χ3v) is 10.1. The molecule has 17 heteroatoms. The van der Waals surface area contributed by atoms with Crippen LogP contribution in [0.5, 0.6) is 11.5 Å². The molecule has 0 radical (unpaired) electrons. The van der Waals surface area contributed by atoms with Crippen LogP contribution in [0.25, 0.3) is 0 Å². The van der Waals surface area contributed by atoms with Crippen LogP contribution in [-0.2, 0) is 27.1 Å². The molecule has 4 aromatic rings. The number of amides is 1. The highest BCUT2D eigenvalue weighted by Crippen LogP contribution is 2.44. The molecule has 4 heterocycles. The Bertz CT molecular complexity index is 2360. The van der Waals surface area contributed by atoms with E-state index in [1.54, 1.807) is 48.5 Å². The largest absolute Gasteiger partial charge is 0.504 e. The molecule has 1 saturated heterocycles. The molecule has 1 aromatic heterocycles. The Kier molecular flexibility index (Phi) is 9.71. The molecule has 4 aliphatic rings. The molecule has 0 bridgehead atoms. The first-order chi connectivity index (χ1) is 27.0. The van der Waals surface area contributed by atoms with Gasteiger partial charge in [-0.05, 0) is 36.2 Å². The van der Waals surface area contributed by atoms with Crippen LogP contribution >= 0.6 is 0 Å². The first-order valence-corrected chi connectivity index (χ1v) is 17.7. The Labute approximate surface area is 318 Å². The summed E-state index contributed by atoms with van der Waals surface area (Å²) in [6.07, 6.45) is -5.65. The van der Waals surface area contributed by atoms with Crippen LogP contribution in [0.15, 0.2) is 82.9 Å². The lowest BCUT2D eigenvalue weighted by atomic mass is 9.82. The molecule has 6 atom stereocenters. The topological polar surface area (TPSA) is 264 Å². The number of aliphatic imine (C=N–C) groups is 2. The van der Waals surface area contributed by atoms with Gasteiger partial charge >= 0.3 is 0 Å². The Balaban J connectivity index is 1.20. The average Bonchev–Trinajstić information content (AvgIpc) is 3.61. The number of hydrogen-bond donors (Lipinski definition) is 8. The molecular weight excluding hydrogens is 726 g/mol. The summed E-state index contributed by atoms with van der Waals surface area (Å²) in [5.74, 6) is -2.39. The van der Waals surface area contributed by atoms with Crippen molar-refractivity contribution in [1.82, 2.24) is 10.3 Å². The maximum absolute atomic E-state index is 13.9. The minimum atomic E-state index is -1.63. The second-order valence-corrected chi connectivity index (χ2v) is 13.6. The van der Waals surface area contributed by atoms with Crippen LogP contribution in [-0.4, -0.2) is 111 Å². The number of anilines is 1. The number of nitrogen functional groups attached to an aromatic ring is 1. The van der Waals surface area contributed by atoms with Gasteiger partial charge in [-0.25, -0.2) is 14.9 Å². The van der Waals surface area contributed by atoms with E-state index in [1.165, 1.54) is 24.4 Å². The fourth-order valence-corrected chi connectivity index (χ4v) is 7.39. The maximum Gasteiger partial charge on any atom is 0.284 e. The Morgan fingerprint density at radius 3 is 2.48 bits per heavy atom. The molecule has 6 unspecified atom stereocenters. The zero-order valence-corrected chi connectivity index (χ0v) is 29.5. The number of aromatic nitrogens is 1. The van der Waals surface area contributed by atoms with E-state index in [9.17, 15) is 34.8 Å². The van der Waals surface area contributed by atoms with Gasteiger partial charge in [0.05, 0.1) is 18.8 Å². The van der Waals surface area contributed by atoms with E-state index in [-0.39, 0.29) is 70.8 Å². The number of phenolic OH excluding ortho intramolecular Hbond substituents is 1. The van der Waals surface area contributed by atoms with Crippen molar-refractivity contribution in [2.24, 2.45) is 9.98 Å². The second kappa shape index (κ2) is 14.8. The molecule has 56 heavy (non-hydrogen) atoms. The molecule has 3 aromatic carbocycles. The van der Waals surface area contributed by atoms with Gasteiger partial charge < -0.3 is 40.4 Å². The number of carbonyl (C=O) groups excluding carboxylic acids is 3. The van der Waals surface area contributed by atoms with E-state index in [2.05, 4.69) is 20.3 Å². The molecule has 9 N–H and O–H groups in total. The van der Waals surface area contributed by atoms with Crippen molar-refractivity contribution in [1.29, 1.82) is 5.41 Å². The van der Waals surface area contributed by atoms with Crippen molar-refractivity contribution in [2.45, 2.75) is 43.5 Å². The number of aromatic hydroxyl groups is 1. The Morgan fingerprint density at radius 1 is 0.964 bits per heavy atom. The number of quaternary nitrogens is 1. The molecule has 3 aliphatic heterocycles. The summed E-state index contributed by atoms with van der Waals surface area (Å²) in [6, 6.07) is 18.2. The molecule has 8 rings (SSSR count). The molecular formula is C39H36N7O10+. The van der Waals surface area contributed by atoms with E-state index in [0.717, 1.165) is 5.56 Å². The lowest BCUT2D eigenvalue weighted by molar-refractivity contribution is -0.723. The summed E-state index contributed by atoms with van der Waals surface area (Å²) in [5.41, 5.74) is 8.04. The number of nitrogens with zero attached hydrogens (tertiary/aromatic N) is 3. The number of benzene rings is 3. The summed E-state index contributed by atoms with van der Waals surface area (Å²) in [5, 5.41) is 54.5. The summed E-state index contributed by atoms with van der Waals surface area (Å²) >= 11 is 0. The lowest BCUT2D eigenvalue weighted by Gasteiger charge is -2.42. The molecule has 0 spiro atoms. The number of rotatable bonds is 10. The Morgan fingerprint density at radius 2 is 1.71 bits per heavy atom. The number of fused-ring (bicyclic) bond motifs is 3. The van der Waals surface area contributed by atoms with Crippen LogP contribution in [0.1, 0.15) is 48.5 Å². The van der Waals surface area contributed by atoms with Gasteiger partial charge in [0.25, 0.3) is 11.7 Å². The minimum absolute atomic E-state index is 0.00682. The number of para-hydroxylation sites is 1. The zero-order chi connectivity index (χ0) is 39.2. The molecule has 1 amide bonds. The third kappa shape index (κ3) is 6.51. The number of guanidine groups is 1. The van der Waals surface area contributed by atoms with E-state index >= 15 is 0 Å². The number of phenols is 1. The lowest BCUT2D eigenvalue weighted by Crippen LogP contribution is -3.09. The van der Waals surface area contributed by atoms with Crippen molar-refractivity contribution in [3.05, 3.63) is 112 Å². The predicted molar refractivity (Wildman–Crippen MR) is 197 cm³/mol. The smallest absolute Gasteiger partial charge is 0.284 e. The molecule has 1 fully saturated rings. The van der Waals surface area contributed by atoms with Gasteiger partial charge in [-0.3, -0.25) is 25.1 Å².